The van der Waals surface area contributed by atoms with E-state index in [9.17, 15) is 5.11 Å². The summed E-state index contributed by atoms with van der Waals surface area (Å²) in [6.07, 6.45) is 1.90. The number of phenols is 1. The minimum atomic E-state index is 0.133. The maximum Gasteiger partial charge on any atom is 0.160 e. The number of hydrogen-bond acceptors (Lipinski definition) is 4. The average molecular weight is 289 g/mol. The van der Waals surface area contributed by atoms with Crippen LogP contribution in [0.15, 0.2) is 24.4 Å². The molecule has 0 spiro atoms. The number of rotatable bonds is 5. The third kappa shape index (κ3) is 3.19. The second-order valence-corrected chi connectivity index (χ2v) is 5.35. The molecular formula is C16H23N3O2. The Morgan fingerprint density at radius 2 is 2.00 bits per heavy atom. The number of methoxy groups -OCH3 is 1. The van der Waals surface area contributed by atoms with Crippen molar-refractivity contribution in [3.05, 3.63) is 41.2 Å². The summed E-state index contributed by atoms with van der Waals surface area (Å²) in [6.45, 7) is 6.28. The molecule has 2 rings (SSSR count). The summed E-state index contributed by atoms with van der Waals surface area (Å²) in [7, 11) is 3.50. The standard InChI is InChI=1S/C16H23N3O2/c1-10(13-6-7-15(20)16(8-13)21-5)18-11(2)14-9-17-19(4)12(14)3/h6-11,18,20H,1-5H3. The Bertz CT molecular complexity index is 622. The molecule has 2 unspecified atom stereocenters. The zero-order chi connectivity index (χ0) is 15.6. The Morgan fingerprint density at radius 1 is 1.29 bits per heavy atom. The van der Waals surface area contributed by atoms with Crippen molar-refractivity contribution < 1.29 is 9.84 Å². The van der Waals surface area contributed by atoms with E-state index >= 15 is 0 Å². The molecule has 0 amide bonds. The Hall–Kier alpha value is -2.01. The van der Waals surface area contributed by atoms with Crippen molar-refractivity contribution in [1.82, 2.24) is 15.1 Å². The SMILES string of the molecule is COc1cc(C(C)NC(C)c2cnn(C)c2C)ccc1O. The molecule has 0 bridgehead atoms. The van der Waals surface area contributed by atoms with Crippen molar-refractivity contribution >= 4 is 0 Å². The van der Waals surface area contributed by atoms with Crippen molar-refractivity contribution in [3.8, 4) is 11.5 Å². The van der Waals surface area contributed by atoms with Crippen LogP contribution in [0.3, 0.4) is 0 Å². The van der Waals surface area contributed by atoms with Gasteiger partial charge in [0, 0.05) is 30.4 Å². The fourth-order valence-electron chi connectivity index (χ4n) is 2.47. The number of ether oxygens (including phenoxy) is 1. The number of aryl methyl sites for hydroxylation is 1. The van der Waals surface area contributed by atoms with Gasteiger partial charge in [0.1, 0.15) is 0 Å². The zero-order valence-corrected chi connectivity index (χ0v) is 13.2. The zero-order valence-electron chi connectivity index (χ0n) is 13.2. The van der Waals surface area contributed by atoms with E-state index < -0.39 is 0 Å². The fraction of sp³-hybridized carbons (Fsp3) is 0.438. The molecule has 2 N–H and O–H groups in total. The van der Waals surface area contributed by atoms with E-state index in [1.807, 2.05) is 30.1 Å². The number of nitrogens with one attached hydrogen (secondary N) is 1. The molecule has 0 aliphatic carbocycles. The highest BCUT2D eigenvalue weighted by Crippen LogP contribution is 2.30. The lowest BCUT2D eigenvalue weighted by atomic mass is 10.0. The first kappa shape index (κ1) is 15.4. The van der Waals surface area contributed by atoms with Gasteiger partial charge in [0.25, 0.3) is 0 Å². The lowest BCUT2D eigenvalue weighted by Crippen LogP contribution is -2.22. The van der Waals surface area contributed by atoms with Gasteiger partial charge in [0.15, 0.2) is 11.5 Å². The molecule has 5 nitrogen and oxygen atoms in total. The van der Waals surface area contributed by atoms with Crippen molar-refractivity contribution in [2.75, 3.05) is 7.11 Å². The second-order valence-electron chi connectivity index (χ2n) is 5.35. The number of hydrogen-bond donors (Lipinski definition) is 2. The van der Waals surface area contributed by atoms with Gasteiger partial charge in [-0.2, -0.15) is 5.10 Å². The van der Waals surface area contributed by atoms with E-state index in [4.69, 9.17) is 4.74 Å². The molecule has 0 aliphatic rings. The highest BCUT2D eigenvalue weighted by atomic mass is 16.5. The predicted octanol–water partition coefficient (Wildman–Crippen LogP) is 2.85. The van der Waals surface area contributed by atoms with Gasteiger partial charge < -0.3 is 15.2 Å². The quantitative estimate of drug-likeness (QED) is 0.888. The van der Waals surface area contributed by atoms with Crippen LogP contribution in [0.2, 0.25) is 0 Å². The smallest absolute Gasteiger partial charge is 0.160 e. The van der Waals surface area contributed by atoms with Crippen molar-refractivity contribution in [3.63, 3.8) is 0 Å². The largest absolute Gasteiger partial charge is 0.504 e. The summed E-state index contributed by atoms with van der Waals surface area (Å²) in [6, 6.07) is 5.74. The number of aromatic nitrogens is 2. The van der Waals surface area contributed by atoms with Crippen molar-refractivity contribution in [2.24, 2.45) is 7.05 Å². The molecule has 1 aromatic heterocycles. The van der Waals surface area contributed by atoms with Crippen LogP contribution >= 0.6 is 0 Å². The molecule has 2 atom stereocenters. The first-order valence-corrected chi connectivity index (χ1v) is 7.05. The normalized spacial score (nSPS) is 14.0. The summed E-state index contributed by atoms with van der Waals surface area (Å²) in [5, 5.41) is 17.5. The lowest BCUT2D eigenvalue weighted by molar-refractivity contribution is 0.371. The minimum absolute atomic E-state index is 0.133. The lowest BCUT2D eigenvalue weighted by Gasteiger charge is -2.21. The first-order valence-electron chi connectivity index (χ1n) is 7.05. The predicted molar refractivity (Wildman–Crippen MR) is 82.6 cm³/mol. The summed E-state index contributed by atoms with van der Waals surface area (Å²) in [4.78, 5) is 0. The van der Waals surface area contributed by atoms with Gasteiger partial charge in [0.05, 0.1) is 13.3 Å². The van der Waals surface area contributed by atoms with Crippen LogP contribution in [0.5, 0.6) is 11.5 Å². The van der Waals surface area contributed by atoms with E-state index in [2.05, 4.69) is 31.2 Å². The van der Waals surface area contributed by atoms with Crippen LogP contribution in [0.4, 0.5) is 0 Å². The van der Waals surface area contributed by atoms with Gasteiger partial charge in [0.2, 0.25) is 0 Å². The topological polar surface area (TPSA) is 59.3 Å². The Labute approximate surface area is 125 Å². The Balaban J connectivity index is 2.14. The van der Waals surface area contributed by atoms with Gasteiger partial charge >= 0.3 is 0 Å². The maximum absolute atomic E-state index is 9.66. The second kappa shape index (κ2) is 6.18. The molecular weight excluding hydrogens is 266 g/mol. The van der Waals surface area contributed by atoms with E-state index in [-0.39, 0.29) is 17.8 Å². The van der Waals surface area contributed by atoms with Crippen LogP contribution in [0, 0.1) is 6.92 Å². The Kier molecular flexibility index (Phi) is 4.53. The van der Waals surface area contributed by atoms with Crippen LogP contribution in [-0.4, -0.2) is 22.0 Å². The van der Waals surface area contributed by atoms with E-state index in [0.29, 0.717) is 5.75 Å². The van der Waals surface area contributed by atoms with Gasteiger partial charge in [-0.25, -0.2) is 0 Å². The van der Waals surface area contributed by atoms with E-state index in [1.165, 1.54) is 5.56 Å². The van der Waals surface area contributed by atoms with Gasteiger partial charge in [-0.3, -0.25) is 4.68 Å². The molecule has 21 heavy (non-hydrogen) atoms. The first-order chi connectivity index (χ1) is 9.93. The molecule has 0 saturated carbocycles. The number of phenolic OH excluding ortho intramolecular Hbond substituents is 1. The van der Waals surface area contributed by atoms with E-state index in [1.54, 1.807) is 13.2 Å². The summed E-state index contributed by atoms with van der Waals surface area (Å²) in [5.74, 6) is 0.649. The molecule has 0 aliphatic heterocycles. The van der Waals surface area contributed by atoms with Crippen LogP contribution in [0.25, 0.3) is 0 Å². The van der Waals surface area contributed by atoms with Crippen LogP contribution in [0.1, 0.15) is 42.8 Å². The number of benzene rings is 1. The Morgan fingerprint density at radius 3 is 2.57 bits per heavy atom. The highest BCUT2D eigenvalue weighted by Gasteiger charge is 2.16. The van der Waals surface area contributed by atoms with Crippen LogP contribution in [-0.2, 0) is 7.05 Å². The summed E-state index contributed by atoms with van der Waals surface area (Å²) in [5.41, 5.74) is 3.42. The molecule has 0 saturated heterocycles. The summed E-state index contributed by atoms with van der Waals surface area (Å²) < 4.78 is 7.03. The minimum Gasteiger partial charge on any atom is -0.504 e. The van der Waals surface area contributed by atoms with Gasteiger partial charge in [-0.1, -0.05) is 6.07 Å². The summed E-state index contributed by atoms with van der Waals surface area (Å²) >= 11 is 0. The van der Waals surface area contributed by atoms with Crippen molar-refractivity contribution in [1.29, 1.82) is 0 Å². The van der Waals surface area contributed by atoms with E-state index in [0.717, 1.165) is 11.3 Å². The molecule has 2 aromatic rings. The average Bonchev–Trinajstić information content (AvgIpc) is 2.79. The fourth-order valence-corrected chi connectivity index (χ4v) is 2.47. The highest BCUT2D eigenvalue weighted by molar-refractivity contribution is 5.42. The molecule has 0 radical (unpaired) electrons. The third-order valence-corrected chi connectivity index (χ3v) is 3.94. The van der Waals surface area contributed by atoms with Crippen molar-refractivity contribution in [2.45, 2.75) is 32.9 Å². The van der Waals surface area contributed by atoms with Gasteiger partial charge in [-0.05, 0) is 38.5 Å². The molecule has 1 heterocycles. The molecule has 1 aromatic carbocycles. The van der Waals surface area contributed by atoms with Crippen LogP contribution < -0.4 is 10.1 Å². The number of aromatic hydroxyl groups is 1. The van der Waals surface area contributed by atoms with Gasteiger partial charge in [-0.15, -0.1) is 0 Å². The maximum atomic E-state index is 9.66. The monoisotopic (exact) mass is 289 g/mol. The molecule has 114 valence electrons. The number of nitrogens with zero attached hydrogens (tertiary/aromatic N) is 2. The third-order valence-electron chi connectivity index (χ3n) is 3.94. The molecule has 0 fully saturated rings. The molecule has 5 heteroatoms.